The molecule has 7 heteroatoms. The van der Waals surface area contributed by atoms with Gasteiger partial charge in [0.2, 0.25) is 5.88 Å². The lowest BCUT2D eigenvalue weighted by Crippen LogP contribution is -2.16. The maximum absolute atomic E-state index is 12.1. The molecule has 1 heterocycles. The molecule has 0 unspecified atom stereocenters. The number of ether oxygens (including phenoxy) is 2. The summed E-state index contributed by atoms with van der Waals surface area (Å²) >= 11 is 5.85. The van der Waals surface area contributed by atoms with Crippen molar-refractivity contribution in [2.75, 3.05) is 7.11 Å². The van der Waals surface area contributed by atoms with Crippen molar-refractivity contribution in [3.8, 4) is 22.8 Å². The summed E-state index contributed by atoms with van der Waals surface area (Å²) in [5, 5.41) is 0.399. The Hall–Kier alpha value is -1.95. The second-order valence-electron chi connectivity index (χ2n) is 3.78. The highest BCUT2D eigenvalue weighted by Crippen LogP contribution is 2.32. The van der Waals surface area contributed by atoms with Crippen LogP contribution in [-0.4, -0.2) is 18.5 Å². The molecule has 0 aliphatic rings. The molecule has 0 saturated heterocycles. The van der Waals surface area contributed by atoms with Gasteiger partial charge >= 0.3 is 6.36 Å². The van der Waals surface area contributed by atoms with E-state index >= 15 is 0 Å². The third kappa shape index (κ3) is 3.54. The molecule has 0 radical (unpaired) electrons. The lowest BCUT2D eigenvalue weighted by molar-refractivity contribution is -0.274. The number of nitrogens with zero attached hydrogens (tertiary/aromatic N) is 1. The summed E-state index contributed by atoms with van der Waals surface area (Å²) < 4.78 is 45.1. The summed E-state index contributed by atoms with van der Waals surface area (Å²) in [5.74, 6) is 0.0362. The van der Waals surface area contributed by atoms with Crippen molar-refractivity contribution in [2.45, 2.75) is 6.36 Å². The van der Waals surface area contributed by atoms with Crippen molar-refractivity contribution in [2.24, 2.45) is 0 Å². The fourth-order valence-corrected chi connectivity index (χ4v) is 1.79. The van der Waals surface area contributed by atoms with Crippen LogP contribution < -0.4 is 9.47 Å². The quantitative estimate of drug-likeness (QED) is 0.846. The monoisotopic (exact) mass is 303 g/mol. The molecule has 1 aromatic heterocycles. The summed E-state index contributed by atoms with van der Waals surface area (Å²) in [4.78, 5) is 3.99. The van der Waals surface area contributed by atoms with Gasteiger partial charge in [0.25, 0.3) is 0 Å². The highest BCUT2D eigenvalue weighted by Gasteiger charge is 2.31. The molecule has 0 spiro atoms. The van der Waals surface area contributed by atoms with E-state index in [1.807, 2.05) is 0 Å². The number of aromatic nitrogens is 1. The molecule has 0 amide bonds. The summed E-state index contributed by atoms with van der Waals surface area (Å²) in [6.07, 6.45) is -3.29. The zero-order chi connectivity index (χ0) is 14.8. The van der Waals surface area contributed by atoms with Gasteiger partial charge in [0.05, 0.1) is 12.1 Å². The molecular formula is C13H9ClF3NO2. The van der Waals surface area contributed by atoms with E-state index in [9.17, 15) is 13.2 Å². The smallest absolute Gasteiger partial charge is 0.481 e. The Morgan fingerprint density at radius 2 is 1.80 bits per heavy atom. The van der Waals surface area contributed by atoms with Gasteiger partial charge in [0.15, 0.2) is 0 Å². The summed E-state index contributed by atoms with van der Waals surface area (Å²) in [6, 6.07) is 6.98. The number of halogens is 4. The van der Waals surface area contributed by atoms with Crippen LogP contribution in [-0.2, 0) is 0 Å². The highest BCUT2D eigenvalue weighted by molar-refractivity contribution is 6.30. The number of benzene rings is 1. The van der Waals surface area contributed by atoms with E-state index < -0.39 is 6.36 Å². The molecule has 0 aliphatic carbocycles. The molecule has 106 valence electrons. The van der Waals surface area contributed by atoms with E-state index in [1.54, 1.807) is 6.07 Å². The normalized spacial score (nSPS) is 11.2. The minimum atomic E-state index is -4.71. The maximum atomic E-state index is 12.1. The van der Waals surface area contributed by atoms with Gasteiger partial charge in [0, 0.05) is 11.8 Å². The third-order valence-corrected chi connectivity index (χ3v) is 2.62. The molecule has 0 aliphatic heterocycles. The summed E-state index contributed by atoms with van der Waals surface area (Å²) in [5.41, 5.74) is 1.20. The van der Waals surface area contributed by atoms with E-state index in [-0.39, 0.29) is 5.75 Å². The topological polar surface area (TPSA) is 31.4 Å². The van der Waals surface area contributed by atoms with Crippen LogP contribution in [0.2, 0.25) is 5.02 Å². The van der Waals surface area contributed by atoms with Gasteiger partial charge in [-0.15, -0.1) is 13.2 Å². The molecule has 0 fully saturated rings. The first-order valence-corrected chi connectivity index (χ1v) is 5.82. The van der Waals surface area contributed by atoms with Gasteiger partial charge < -0.3 is 9.47 Å². The number of alkyl halides is 3. The molecule has 20 heavy (non-hydrogen) atoms. The average Bonchev–Trinajstić information content (AvgIpc) is 2.38. The number of pyridine rings is 1. The molecule has 2 aromatic rings. The zero-order valence-corrected chi connectivity index (χ0v) is 11.0. The molecule has 0 saturated carbocycles. The molecule has 0 bridgehead atoms. The Bertz CT molecular complexity index is 600. The Kier molecular flexibility index (Phi) is 4.04. The predicted molar refractivity (Wildman–Crippen MR) is 67.9 cm³/mol. The number of hydrogen-bond acceptors (Lipinski definition) is 3. The third-order valence-electron chi connectivity index (χ3n) is 2.41. The first-order chi connectivity index (χ1) is 9.39. The first-order valence-electron chi connectivity index (χ1n) is 5.45. The minimum absolute atomic E-state index is 0.296. The van der Waals surface area contributed by atoms with Crippen LogP contribution in [0.3, 0.4) is 0 Å². The summed E-state index contributed by atoms with van der Waals surface area (Å²) in [7, 11) is 1.45. The van der Waals surface area contributed by atoms with E-state index in [4.69, 9.17) is 16.3 Å². The second-order valence-corrected chi connectivity index (χ2v) is 4.22. The lowest BCUT2D eigenvalue weighted by Gasteiger charge is -2.11. The van der Waals surface area contributed by atoms with Crippen molar-refractivity contribution >= 4 is 11.6 Å². The molecule has 0 atom stereocenters. The standard InChI is InChI=1S/C13H9ClF3NO2/c1-19-12-11(6-9(14)7-18-12)8-2-4-10(5-3-8)20-13(15,16)17/h2-7H,1H3. The van der Waals surface area contributed by atoms with E-state index in [0.29, 0.717) is 22.0 Å². The fraction of sp³-hybridized carbons (Fsp3) is 0.154. The fourth-order valence-electron chi connectivity index (χ4n) is 1.63. The van der Waals surface area contributed by atoms with E-state index in [0.717, 1.165) is 0 Å². The van der Waals surface area contributed by atoms with Crippen LogP contribution in [0.15, 0.2) is 36.5 Å². The van der Waals surface area contributed by atoms with E-state index in [1.165, 1.54) is 37.6 Å². The van der Waals surface area contributed by atoms with E-state index in [2.05, 4.69) is 9.72 Å². The molecule has 0 N–H and O–H groups in total. The lowest BCUT2D eigenvalue weighted by atomic mass is 10.1. The highest BCUT2D eigenvalue weighted by atomic mass is 35.5. The van der Waals surface area contributed by atoms with Gasteiger partial charge in [-0.1, -0.05) is 23.7 Å². The average molecular weight is 304 g/mol. The van der Waals surface area contributed by atoms with Gasteiger partial charge in [-0.05, 0) is 23.8 Å². The van der Waals surface area contributed by atoms with Gasteiger partial charge in [0.1, 0.15) is 5.75 Å². The molecule has 3 nitrogen and oxygen atoms in total. The van der Waals surface area contributed by atoms with Crippen LogP contribution >= 0.6 is 11.6 Å². The van der Waals surface area contributed by atoms with Gasteiger partial charge in [-0.2, -0.15) is 0 Å². The van der Waals surface area contributed by atoms with Crippen molar-refractivity contribution in [1.29, 1.82) is 0 Å². The number of rotatable bonds is 3. The van der Waals surface area contributed by atoms with Crippen LogP contribution in [0.4, 0.5) is 13.2 Å². The Morgan fingerprint density at radius 3 is 2.35 bits per heavy atom. The Labute approximate surface area is 117 Å². The Balaban J connectivity index is 2.33. The van der Waals surface area contributed by atoms with Gasteiger partial charge in [-0.3, -0.25) is 0 Å². The van der Waals surface area contributed by atoms with Gasteiger partial charge in [-0.25, -0.2) is 4.98 Å². The Morgan fingerprint density at radius 1 is 1.15 bits per heavy atom. The number of methoxy groups -OCH3 is 1. The predicted octanol–water partition coefficient (Wildman–Crippen LogP) is 4.31. The van der Waals surface area contributed by atoms with Crippen molar-refractivity contribution in [1.82, 2.24) is 4.98 Å². The van der Waals surface area contributed by atoms with Crippen LogP contribution in [0.5, 0.6) is 11.6 Å². The minimum Gasteiger partial charge on any atom is -0.481 e. The largest absolute Gasteiger partial charge is 0.573 e. The van der Waals surface area contributed by atoms with Crippen LogP contribution in [0, 0.1) is 0 Å². The van der Waals surface area contributed by atoms with Crippen molar-refractivity contribution in [3.05, 3.63) is 41.6 Å². The SMILES string of the molecule is COc1ncc(Cl)cc1-c1ccc(OC(F)(F)F)cc1. The summed E-state index contributed by atoms with van der Waals surface area (Å²) in [6.45, 7) is 0. The maximum Gasteiger partial charge on any atom is 0.573 e. The zero-order valence-electron chi connectivity index (χ0n) is 10.2. The number of hydrogen-bond donors (Lipinski definition) is 0. The second kappa shape index (κ2) is 5.58. The molecule has 1 aromatic carbocycles. The van der Waals surface area contributed by atoms with Crippen LogP contribution in [0.1, 0.15) is 0 Å². The first kappa shape index (κ1) is 14.5. The molecular weight excluding hydrogens is 295 g/mol. The van der Waals surface area contributed by atoms with Crippen molar-refractivity contribution in [3.63, 3.8) is 0 Å². The van der Waals surface area contributed by atoms with Crippen molar-refractivity contribution < 1.29 is 22.6 Å². The van der Waals surface area contributed by atoms with Crippen LogP contribution in [0.25, 0.3) is 11.1 Å². The molecule has 2 rings (SSSR count).